The second kappa shape index (κ2) is 13.4. The van der Waals surface area contributed by atoms with Gasteiger partial charge in [0.1, 0.15) is 6.54 Å². The van der Waals surface area contributed by atoms with Crippen LogP contribution in [0.5, 0.6) is 11.5 Å². The molecule has 218 valence electrons. The van der Waals surface area contributed by atoms with Gasteiger partial charge in [0.2, 0.25) is 22.5 Å². The van der Waals surface area contributed by atoms with Crippen molar-refractivity contribution in [1.29, 1.82) is 0 Å². The summed E-state index contributed by atoms with van der Waals surface area (Å²) in [5.41, 5.74) is 0.952. The van der Waals surface area contributed by atoms with Gasteiger partial charge in [-0.15, -0.1) is 0 Å². The predicted molar refractivity (Wildman–Crippen MR) is 150 cm³/mol. The lowest BCUT2D eigenvalue weighted by molar-refractivity contribution is -0.131. The van der Waals surface area contributed by atoms with Crippen LogP contribution in [0, 0.1) is 0 Å². The molecule has 0 aromatic heterocycles. The van der Waals surface area contributed by atoms with Crippen LogP contribution < -0.4 is 9.47 Å². The molecule has 1 fully saturated rings. The van der Waals surface area contributed by atoms with E-state index in [0.717, 1.165) is 37.9 Å². The van der Waals surface area contributed by atoms with Crippen LogP contribution in [0.3, 0.4) is 0 Å². The number of rotatable bonds is 12. The standard InChI is InChI=1S/C29H39N3O7S/c1-3-12-30(13-4-5-14-31-15-7-16-32(29(34)35)20-28(31)33)22(2)17-23-8-6-9-24(18-23)40(36,37)25-10-11-26-27(19-25)39-21-38-26/h6,8-11,18-19,22H,3-5,7,12-17,20-21H2,1-2H3,(H,34,35). The number of nitrogens with zero attached hydrogens (tertiary/aromatic N) is 3. The van der Waals surface area contributed by atoms with E-state index in [2.05, 4.69) is 18.7 Å². The molecule has 2 aromatic rings. The van der Waals surface area contributed by atoms with Crippen LogP contribution in [0.1, 0.15) is 45.1 Å². The number of unbranched alkanes of at least 4 members (excludes halogenated alkanes) is 1. The first kappa shape index (κ1) is 29.7. The zero-order chi connectivity index (χ0) is 28.7. The van der Waals surface area contributed by atoms with Crippen LogP contribution in [0.15, 0.2) is 52.3 Å². The second-order valence-electron chi connectivity index (χ2n) is 10.4. The number of hydrogen-bond donors (Lipinski definition) is 1. The summed E-state index contributed by atoms with van der Waals surface area (Å²) in [4.78, 5) is 29.5. The lowest BCUT2D eigenvalue weighted by Crippen LogP contribution is -2.39. The Morgan fingerprint density at radius 1 is 1.05 bits per heavy atom. The number of carboxylic acid groups (broad SMARTS) is 1. The summed E-state index contributed by atoms with van der Waals surface area (Å²) in [6, 6.07) is 12.0. The fourth-order valence-electron chi connectivity index (χ4n) is 5.27. The lowest BCUT2D eigenvalue weighted by Gasteiger charge is -2.29. The Morgan fingerprint density at radius 3 is 2.60 bits per heavy atom. The molecule has 40 heavy (non-hydrogen) atoms. The van der Waals surface area contributed by atoms with Crippen LogP contribution in [-0.2, 0) is 21.1 Å². The van der Waals surface area contributed by atoms with Crippen molar-refractivity contribution < 1.29 is 32.6 Å². The molecule has 0 bridgehead atoms. The normalized spacial score (nSPS) is 16.3. The molecule has 2 aromatic carbocycles. The van der Waals surface area contributed by atoms with E-state index in [0.29, 0.717) is 44.0 Å². The van der Waals surface area contributed by atoms with Crippen molar-refractivity contribution in [1.82, 2.24) is 14.7 Å². The quantitative estimate of drug-likeness (QED) is 0.380. The Labute approximate surface area is 236 Å². The molecule has 1 saturated heterocycles. The van der Waals surface area contributed by atoms with E-state index < -0.39 is 15.9 Å². The van der Waals surface area contributed by atoms with Crippen LogP contribution in [0.2, 0.25) is 0 Å². The first-order valence-electron chi connectivity index (χ1n) is 13.9. The third kappa shape index (κ3) is 7.25. The number of benzene rings is 2. The number of ether oxygens (including phenoxy) is 2. The fourth-order valence-corrected chi connectivity index (χ4v) is 6.61. The lowest BCUT2D eigenvalue weighted by atomic mass is 10.1. The largest absolute Gasteiger partial charge is 0.465 e. The highest BCUT2D eigenvalue weighted by Gasteiger charge is 2.25. The van der Waals surface area contributed by atoms with E-state index >= 15 is 0 Å². The molecule has 1 atom stereocenters. The summed E-state index contributed by atoms with van der Waals surface area (Å²) in [7, 11) is -3.71. The van der Waals surface area contributed by atoms with Gasteiger partial charge in [0.05, 0.1) is 9.79 Å². The molecule has 2 aliphatic rings. The van der Waals surface area contributed by atoms with E-state index in [-0.39, 0.29) is 35.1 Å². The Kier molecular flexibility index (Phi) is 9.91. The SMILES string of the molecule is CCCN(CCCCN1CCCN(C(=O)O)CC1=O)C(C)Cc1cccc(S(=O)(=O)c2ccc3c(c2)OCO3)c1. The van der Waals surface area contributed by atoms with Gasteiger partial charge in [-0.1, -0.05) is 19.1 Å². The second-order valence-corrected chi connectivity index (χ2v) is 12.4. The maximum Gasteiger partial charge on any atom is 0.407 e. The van der Waals surface area contributed by atoms with E-state index in [4.69, 9.17) is 9.47 Å². The van der Waals surface area contributed by atoms with Crippen molar-refractivity contribution in [3.05, 3.63) is 48.0 Å². The Balaban J connectivity index is 1.33. The van der Waals surface area contributed by atoms with Crippen LogP contribution >= 0.6 is 0 Å². The molecular weight excluding hydrogens is 534 g/mol. The highest BCUT2D eigenvalue weighted by Crippen LogP contribution is 2.35. The van der Waals surface area contributed by atoms with Gasteiger partial charge in [0.25, 0.3) is 0 Å². The summed E-state index contributed by atoms with van der Waals surface area (Å²) in [5.74, 6) is 0.846. The predicted octanol–water partition coefficient (Wildman–Crippen LogP) is 3.88. The van der Waals surface area contributed by atoms with E-state index in [1.165, 1.54) is 11.0 Å². The summed E-state index contributed by atoms with van der Waals surface area (Å²) in [5, 5.41) is 9.20. The Bertz CT molecular complexity index is 1300. The van der Waals surface area contributed by atoms with Crippen molar-refractivity contribution in [2.24, 2.45) is 0 Å². The van der Waals surface area contributed by atoms with E-state index in [1.807, 2.05) is 6.07 Å². The molecular formula is C29H39N3O7S. The molecule has 4 rings (SSSR count). The maximum atomic E-state index is 13.3. The zero-order valence-electron chi connectivity index (χ0n) is 23.3. The Hall–Kier alpha value is -3.31. The fraction of sp³-hybridized carbons (Fsp3) is 0.517. The minimum absolute atomic E-state index is 0.0717. The van der Waals surface area contributed by atoms with E-state index in [1.54, 1.807) is 35.2 Å². The average molecular weight is 574 g/mol. The van der Waals surface area contributed by atoms with E-state index in [9.17, 15) is 23.1 Å². The summed E-state index contributed by atoms with van der Waals surface area (Å²) in [6.45, 7) is 7.71. The van der Waals surface area contributed by atoms with Gasteiger partial charge in [-0.3, -0.25) is 9.69 Å². The number of carbonyl (C=O) groups is 2. The van der Waals surface area contributed by atoms with Gasteiger partial charge in [0, 0.05) is 31.7 Å². The smallest absolute Gasteiger partial charge is 0.407 e. The molecule has 2 heterocycles. The monoisotopic (exact) mass is 573 g/mol. The summed E-state index contributed by atoms with van der Waals surface area (Å²) in [6.07, 6.45) is 3.07. The maximum absolute atomic E-state index is 13.3. The van der Waals surface area contributed by atoms with Crippen molar-refractivity contribution in [2.75, 3.05) is 46.1 Å². The third-order valence-corrected chi connectivity index (χ3v) is 9.21. The van der Waals surface area contributed by atoms with Gasteiger partial charge in [-0.05, 0) is 81.9 Å². The number of carbonyl (C=O) groups excluding carboxylic acids is 1. The minimum Gasteiger partial charge on any atom is -0.465 e. The first-order valence-corrected chi connectivity index (χ1v) is 15.4. The highest BCUT2D eigenvalue weighted by molar-refractivity contribution is 7.91. The molecule has 0 spiro atoms. The molecule has 2 amide bonds. The van der Waals surface area contributed by atoms with Crippen molar-refractivity contribution in [2.45, 2.75) is 61.8 Å². The van der Waals surface area contributed by atoms with Crippen molar-refractivity contribution in [3.63, 3.8) is 0 Å². The third-order valence-electron chi connectivity index (χ3n) is 7.46. The first-order chi connectivity index (χ1) is 19.2. The molecule has 11 heteroatoms. The Morgan fingerprint density at radius 2 is 1.82 bits per heavy atom. The van der Waals surface area contributed by atoms with Gasteiger partial charge in [0.15, 0.2) is 11.5 Å². The van der Waals surface area contributed by atoms with Crippen LogP contribution in [0.4, 0.5) is 4.79 Å². The summed E-state index contributed by atoms with van der Waals surface area (Å²) < 4.78 is 37.3. The number of amides is 2. The highest BCUT2D eigenvalue weighted by atomic mass is 32.2. The van der Waals surface area contributed by atoms with Gasteiger partial charge >= 0.3 is 6.09 Å². The number of hydrogen-bond acceptors (Lipinski definition) is 7. The van der Waals surface area contributed by atoms with Gasteiger partial charge in [-0.2, -0.15) is 0 Å². The van der Waals surface area contributed by atoms with Crippen molar-refractivity contribution >= 4 is 21.8 Å². The molecule has 1 N–H and O–H groups in total. The van der Waals surface area contributed by atoms with Crippen LogP contribution in [-0.4, -0.2) is 92.3 Å². The van der Waals surface area contributed by atoms with Crippen molar-refractivity contribution in [3.8, 4) is 11.5 Å². The zero-order valence-corrected chi connectivity index (χ0v) is 24.1. The molecule has 1 unspecified atom stereocenters. The van der Waals surface area contributed by atoms with Gasteiger partial charge < -0.3 is 24.4 Å². The molecule has 0 radical (unpaired) electrons. The van der Waals surface area contributed by atoms with Gasteiger partial charge in [-0.25, -0.2) is 13.2 Å². The molecule has 0 saturated carbocycles. The van der Waals surface area contributed by atoms with Crippen LogP contribution in [0.25, 0.3) is 0 Å². The molecule has 10 nitrogen and oxygen atoms in total. The molecule has 0 aliphatic carbocycles. The minimum atomic E-state index is -3.71. The number of fused-ring (bicyclic) bond motifs is 1. The molecule has 2 aliphatic heterocycles. The summed E-state index contributed by atoms with van der Waals surface area (Å²) >= 11 is 0. The number of sulfone groups is 1. The topological polar surface area (TPSA) is 117 Å². The average Bonchev–Trinajstić information content (AvgIpc) is 3.32.